The molecule has 2 heterocycles. The van der Waals surface area contributed by atoms with Crippen molar-refractivity contribution in [3.05, 3.63) is 38.9 Å². The van der Waals surface area contributed by atoms with Gasteiger partial charge in [0.1, 0.15) is 17.2 Å². The number of fused-ring (bicyclic) bond motifs is 1. The minimum atomic E-state index is -1.36. The molecular weight excluding hydrogens is 389 g/mol. The summed E-state index contributed by atoms with van der Waals surface area (Å²) in [5.74, 6) is -2.09. The van der Waals surface area contributed by atoms with Gasteiger partial charge in [0, 0.05) is 44.2 Å². The Kier molecular flexibility index (Phi) is 4.63. The van der Waals surface area contributed by atoms with Crippen LogP contribution in [0.15, 0.2) is 17.1 Å². The molecule has 1 saturated carbocycles. The summed E-state index contributed by atoms with van der Waals surface area (Å²) in [5.41, 5.74) is 5.21. The Morgan fingerprint density at radius 2 is 2.04 bits per heavy atom. The lowest BCUT2D eigenvalue weighted by Gasteiger charge is -2.27. The fraction of sp³-hybridized carbons (Fsp3) is 0.421. The smallest absolute Gasteiger partial charge is 0.341 e. The second-order valence-corrected chi connectivity index (χ2v) is 7.81. The summed E-state index contributed by atoms with van der Waals surface area (Å²) in [6.45, 7) is 0.532. The molecule has 1 atom stereocenters. The number of hydrogen-bond donors (Lipinski definition) is 2. The Morgan fingerprint density at radius 3 is 2.68 bits per heavy atom. The largest absolute Gasteiger partial charge is 0.477 e. The summed E-state index contributed by atoms with van der Waals surface area (Å²) in [4.78, 5) is 37.5. The molecule has 7 nitrogen and oxygen atoms in total. The molecule has 1 saturated heterocycles. The fourth-order valence-electron chi connectivity index (χ4n) is 3.81. The second kappa shape index (κ2) is 6.86. The van der Waals surface area contributed by atoms with Crippen molar-refractivity contribution in [2.45, 2.75) is 37.8 Å². The van der Waals surface area contributed by atoms with Gasteiger partial charge in [0.25, 0.3) is 0 Å². The molecule has 0 amide bonds. The van der Waals surface area contributed by atoms with Crippen LogP contribution in [-0.4, -0.2) is 40.6 Å². The summed E-state index contributed by atoms with van der Waals surface area (Å²) in [6.07, 6.45) is 3.38. The molecule has 3 N–H and O–H groups in total. The number of aromatic nitrogens is 1. The summed E-state index contributed by atoms with van der Waals surface area (Å²) < 4.78 is 16.7. The van der Waals surface area contributed by atoms with E-state index in [1.807, 2.05) is 0 Å². The zero-order valence-electron chi connectivity index (χ0n) is 15.0. The quantitative estimate of drug-likeness (QED) is 0.808. The number of anilines is 1. The molecule has 0 bridgehead atoms. The predicted octanol–water partition coefficient (Wildman–Crippen LogP) is 2.32. The first kappa shape index (κ1) is 18.9. The van der Waals surface area contributed by atoms with Crippen LogP contribution in [0.4, 0.5) is 10.1 Å². The first-order chi connectivity index (χ1) is 13.3. The number of ketones is 1. The van der Waals surface area contributed by atoms with Crippen molar-refractivity contribution in [2.24, 2.45) is 5.73 Å². The maximum atomic E-state index is 15.0. The van der Waals surface area contributed by atoms with Gasteiger partial charge in [0.05, 0.1) is 21.6 Å². The molecular formula is C19H19ClFN3O4. The number of carboxylic acids is 1. The lowest BCUT2D eigenvalue weighted by atomic mass is 10.1. The molecule has 9 heteroatoms. The van der Waals surface area contributed by atoms with Gasteiger partial charge in [-0.05, 0) is 18.9 Å². The van der Waals surface area contributed by atoms with Crippen LogP contribution in [0.3, 0.4) is 0 Å². The van der Waals surface area contributed by atoms with Crippen molar-refractivity contribution in [3.8, 4) is 0 Å². The minimum Gasteiger partial charge on any atom is -0.477 e. The molecule has 0 radical (unpaired) electrons. The number of benzene rings is 1. The Bertz CT molecular complexity index is 1060. The molecule has 0 spiro atoms. The highest BCUT2D eigenvalue weighted by Crippen LogP contribution is 2.42. The van der Waals surface area contributed by atoms with Crippen molar-refractivity contribution < 1.29 is 19.1 Å². The van der Waals surface area contributed by atoms with E-state index in [0.29, 0.717) is 5.52 Å². The number of pyridine rings is 1. The van der Waals surface area contributed by atoms with E-state index in [1.165, 1.54) is 6.20 Å². The third kappa shape index (κ3) is 3.16. The number of aromatic carboxylic acids is 1. The van der Waals surface area contributed by atoms with Gasteiger partial charge in [-0.1, -0.05) is 11.6 Å². The second-order valence-electron chi connectivity index (χ2n) is 7.43. The van der Waals surface area contributed by atoms with Crippen LogP contribution in [0.25, 0.3) is 10.9 Å². The molecule has 1 aliphatic heterocycles. The zero-order chi connectivity index (χ0) is 20.2. The van der Waals surface area contributed by atoms with Gasteiger partial charge >= 0.3 is 5.97 Å². The van der Waals surface area contributed by atoms with Crippen LogP contribution in [0.1, 0.15) is 42.1 Å². The number of carbonyl (C=O) groups is 2. The molecule has 148 valence electrons. The number of carboxylic acid groups (broad SMARTS) is 1. The van der Waals surface area contributed by atoms with Gasteiger partial charge in [-0.25, -0.2) is 9.18 Å². The Hall–Kier alpha value is -2.45. The molecule has 0 unspecified atom stereocenters. The zero-order valence-corrected chi connectivity index (χ0v) is 15.7. The molecule has 1 aliphatic carbocycles. The van der Waals surface area contributed by atoms with Crippen molar-refractivity contribution in [1.82, 2.24) is 4.57 Å². The molecule has 28 heavy (non-hydrogen) atoms. The summed E-state index contributed by atoms with van der Waals surface area (Å²) in [7, 11) is 0. The van der Waals surface area contributed by atoms with Crippen molar-refractivity contribution >= 4 is 39.9 Å². The first-order valence-electron chi connectivity index (χ1n) is 9.10. The number of rotatable bonds is 3. The van der Waals surface area contributed by atoms with Crippen LogP contribution >= 0.6 is 11.6 Å². The molecule has 4 rings (SSSR count). The molecule has 1 aromatic carbocycles. The number of carbonyl (C=O) groups excluding carboxylic acids is 1. The van der Waals surface area contributed by atoms with Crippen LogP contribution in [0.5, 0.6) is 0 Å². The predicted molar refractivity (Wildman–Crippen MR) is 103 cm³/mol. The monoisotopic (exact) mass is 407 g/mol. The average Bonchev–Trinajstić information content (AvgIpc) is 3.45. The topological polar surface area (TPSA) is 106 Å². The summed E-state index contributed by atoms with van der Waals surface area (Å²) in [5, 5.41) is 9.32. The maximum absolute atomic E-state index is 15.0. The lowest BCUT2D eigenvalue weighted by Crippen LogP contribution is -2.36. The SMILES string of the molecule is N[C@@H]1CC(=O)CCN(c2c(F)cc3c(=O)c(C(=O)O)cn(C4CC4)c3c2Cl)C1. The van der Waals surface area contributed by atoms with Crippen LogP contribution < -0.4 is 16.1 Å². The lowest BCUT2D eigenvalue weighted by molar-refractivity contribution is -0.118. The molecule has 2 aliphatic rings. The minimum absolute atomic E-state index is 0.00769. The van der Waals surface area contributed by atoms with E-state index in [0.717, 1.165) is 18.9 Å². The van der Waals surface area contributed by atoms with E-state index in [9.17, 15) is 19.5 Å². The summed E-state index contributed by atoms with van der Waals surface area (Å²) in [6, 6.07) is 0.619. The molecule has 2 aromatic rings. The number of nitrogens with two attached hydrogens (primary N) is 1. The maximum Gasteiger partial charge on any atom is 0.341 e. The van der Waals surface area contributed by atoms with Crippen molar-refractivity contribution in [3.63, 3.8) is 0 Å². The van der Waals surface area contributed by atoms with Gasteiger partial charge in [-0.3, -0.25) is 9.59 Å². The highest BCUT2D eigenvalue weighted by molar-refractivity contribution is 6.38. The third-order valence-electron chi connectivity index (χ3n) is 5.28. The van der Waals surface area contributed by atoms with E-state index in [4.69, 9.17) is 17.3 Å². The van der Waals surface area contributed by atoms with E-state index >= 15 is 4.39 Å². The Balaban J connectivity index is 1.96. The van der Waals surface area contributed by atoms with Crippen LogP contribution in [-0.2, 0) is 4.79 Å². The van der Waals surface area contributed by atoms with E-state index in [2.05, 4.69) is 0 Å². The van der Waals surface area contributed by atoms with E-state index in [1.54, 1.807) is 9.47 Å². The number of Topliss-reactive ketones (excluding diaryl/α,β-unsaturated/α-hetero) is 1. The fourth-order valence-corrected chi connectivity index (χ4v) is 4.22. The van der Waals surface area contributed by atoms with Crippen LogP contribution in [0, 0.1) is 5.82 Å². The third-order valence-corrected chi connectivity index (χ3v) is 5.63. The normalized spacial score (nSPS) is 20.5. The highest BCUT2D eigenvalue weighted by atomic mass is 35.5. The van der Waals surface area contributed by atoms with Gasteiger partial charge in [-0.15, -0.1) is 0 Å². The Morgan fingerprint density at radius 1 is 1.32 bits per heavy atom. The first-order valence-corrected chi connectivity index (χ1v) is 9.48. The molecule has 2 fully saturated rings. The van der Waals surface area contributed by atoms with Gasteiger partial charge in [0.15, 0.2) is 0 Å². The standard InChI is InChI=1S/C19H19ClFN3O4/c20-15-16-12(18(26)13(19(27)28)8-24(16)10-1-2-10)6-14(21)17(15)23-4-3-11(25)5-9(22)7-23/h6,8-10H,1-5,7,22H2,(H,27,28)/t9-/m1/s1. The average molecular weight is 408 g/mol. The van der Waals surface area contributed by atoms with Gasteiger partial charge in [0.2, 0.25) is 5.43 Å². The molecule has 1 aromatic heterocycles. The van der Waals surface area contributed by atoms with Gasteiger partial charge in [-0.2, -0.15) is 0 Å². The van der Waals surface area contributed by atoms with Crippen LogP contribution in [0.2, 0.25) is 5.02 Å². The van der Waals surface area contributed by atoms with E-state index in [-0.39, 0.29) is 53.9 Å². The Labute approximate surface area is 164 Å². The van der Waals surface area contributed by atoms with Crippen molar-refractivity contribution in [1.29, 1.82) is 0 Å². The number of nitrogens with zero attached hydrogens (tertiary/aromatic N) is 2. The number of hydrogen-bond acceptors (Lipinski definition) is 5. The van der Waals surface area contributed by atoms with Crippen molar-refractivity contribution in [2.75, 3.05) is 18.0 Å². The van der Waals surface area contributed by atoms with Gasteiger partial charge < -0.3 is 20.3 Å². The number of halogens is 2. The summed E-state index contributed by atoms with van der Waals surface area (Å²) >= 11 is 6.58. The van der Waals surface area contributed by atoms with E-state index < -0.39 is 28.8 Å². The highest BCUT2D eigenvalue weighted by Gasteiger charge is 2.31.